The first kappa shape index (κ1) is 17.3. The van der Waals surface area contributed by atoms with E-state index in [2.05, 4.69) is 17.1 Å². The van der Waals surface area contributed by atoms with Crippen molar-refractivity contribution < 1.29 is 19.7 Å². The molecule has 1 saturated heterocycles. The fraction of sp³-hybridized carbons (Fsp3) is 0.667. The van der Waals surface area contributed by atoms with Crippen molar-refractivity contribution in [3.63, 3.8) is 0 Å². The van der Waals surface area contributed by atoms with Gasteiger partial charge in [0.05, 0.1) is 11.0 Å². The molecule has 1 amide bonds. The summed E-state index contributed by atoms with van der Waals surface area (Å²) in [4.78, 5) is 15.2. The van der Waals surface area contributed by atoms with Gasteiger partial charge in [-0.3, -0.25) is 9.69 Å². The fourth-order valence-corrected chi connectivity index (χ4v) is 5.76. The molecule has 0 spiro atoms. The van der Waals surface area contributed by atoms with E-state index in [1.807, 2.05) is 13.0 Å². The molecule has 1 aromatic carbocycles. The molecule has 27 heavy (non-hydrogen) atoms. The van der Waals surface area contributed by atoms with Gasteiger partial charge in [0.15, 0.2) is 17.6 Å². The predicted octanol–water partition coefficient (Wildman–Crippen LogP) is 1.32. The molecule has 4 aliphatic rings. The number of likely N-dealkylation sites (N-methyl/N-ethyl adjacent to an activating group) is 1. The van der Waals surface area contributed by atoms with E-state index in [9.17, 15) is 15.0 Å². The molecular formula is C21H28N2O4. The van der Waals surface area contributed by atoms with E-state index in [1.54, 1.807) is 6.07 Å². The normalized spacial score (nSPS) is 36.8. The van der Waals surface area contributed by atoms with Gasteiger partial charge >= 0.3 is 0 Å². The second kappa shape index (κ2) is 5.61. The van der Waals surface area contributed by atoms with Gasteiger partial charge in [-0.1, -0.05) is 13.0 Å². The Labute approximate surface area is 159 Å². The summed E-state index contributed by atoms with van der Waals surface area (Å²) in [6.07, 6.45) is 2.89. The maximum absolute atomic E-state index is 12.8. The Hall–Kier alpha value is -1.79. The monoisotopic (exact) mass is 372 g/mol. The van der Waals surface area contributed by atoms with Gasteiger partial charge in [-0.15, -0.1) is 0 Å². The summed E-state index contributed by atoms with van der Waals surface area (Å²) in [5.41, 5.74) is -0.0813. The Morgan fingerprint density at radius 2 is 2.15 bits per heavy atom. The molecule has 0 unspecified atom stereocenters. The molecule has 3 N–H and O–H groups in total. The van der Waals surface area contributed by atoms with Crippen LogP contribution in [0.15, 0.2) is 12.1 Å². The number of amides is 1. The van der Waals surface area contributed by atoms with Gasteiger partial charge in [-0.2, -0.15) is 0 Å². The van der Waals surface area contributed by atoms with Crippen LogP contribution in [0.1, 0.15) is 44.2 Å². The lowest BCUT2D eigenvalue weighted by molar-refractivity contribution is -0.144. The third-order valence-corrected chi connectivity index (χ3v) is 7.45. The number of benzene rings is 1. The highest BCUT2D eigenvalue weighted by atomic mass is 16.5. The number of hydrogen-bond donors (Lipinski definition) is 3. The largest absolute Gasteiger partial charge is 0.504 e. The number of phenols is 1. The lowest BCUT2D eigenvalue weighted by atomic mass is 9.56. The number of carbonyl (C=O) groups is 1. The Kier molecular flexibility index (Phi) is 3.60. The molecule has 1 saturated carbocycles. The van der Waals surface area contributed by atoms with Crippen LogP contribution in [-0.4, -0.2) is 58.4 Å². The minimum atomic E-state index is -1.10. The van der Waals surface area contributed by atoms with E-state index < -0.39 is 17.1 Å². The van der Waals surface area contributed by atoms with Crippen LogP contribution < -0.4 is 10.1 Å². The number of aromatic hydroxyl groups is 1. The summed E-state index contributed by atoms with van der Waals surface area (Å²) in [5, 5.41) is 25.5. The quantitative estimate of drug-likeness (QED) is 0.743. The van der Waals surface area contributed by atoms with Crippen molar-refractivity contribution in [2.24, 2.45) is 5.92 Å². The molecule has 6 heteroatoms. The second-order valence-corrected chi connectivity index (χ2v) is 8.86. The molecular weight excluding hydrogens is 344 g/mol. The third-order valence-electron chi connectivity index (χ3n) is 7.45. The molecule has 1 aromatic rings. The Morgan fingerprint density at radius 3 is 2.85 bits per heavy atom. The first-order valence-electron chi connectivity index (χ1n) is 10.2. The number of phenolic OH excluding ortho intramolecular Hbond substituents is 1. The third kappa shape index (κ3) is 2.17. The molecule has 146 valence electrons. The number of carbonyl (C=O) groups excluding carboxylic acids is 1. The average molecular weight is 372 g/mol. The number of ether oxygens (including phenoxy) is 1. The fourth-order valence-electron chi connectivity index (χ4n) is 5.76. The highest BCUT2D eigenvalue weighted by Crippen LogP contribution is 2.60. The van der Waals surface area contributed by atoms with Crippen molar-refractivity contribution in [2.75, 3.05) is 19.6 Å². The van der Waals surface area contributed by atoms with Gasteiger partial charge in [0.2, 0.25) is 0 Å². The van der Waals surface area contributed by atoms with Gasteiger partial charge in [0.1, 0.15) is 0 Å². The van der Waals surface area contributed by atoms with Crippen LogP contribution in [0.3, 0.4) is 0 Å². The zero-order valence-electron chi connectivity index (χ0n) is 16.0. The maximum Gasteiger partial charge on any atom is 0.262 e. The highest BCUT2D eigenvalue weighted by Gasteiger charge is 2.68. The van der Waals surface area contributed by atoms with Gasteiger partial charge in [0.25, 0.3) is 5.91 Å². The second-order valence-electron chi connectivity index (χ2n) is 8.86. The molecule has 5 rings (SSSR count). The predicted molar refractivity (Wildman–Crippen MR) is 99.9 cm³/mol. The van der Waals surface area contributed by atoms with Gasteiger partial charge in [-0.25, -0.2) is 0 Å². The molecule has 6 nitrogen and oxygen atoms in total. The van der Waals surface area contributed by atoms with Gasteiger partial charge in [-0.05, 0) is 56.7 Å². The molecule has 2 fully saturated rings. The van der Waals surface area contributed by atoms with Crippen LogP contribution in [0.2, 0.25) is 0 Å². The van der Waals surface area contributed by atoms with Crippen molar-refractivity contribution in [3.05, 3.63) is 23.3 Å². The SMILES string of the molecule is CCN(CC1CC1)[C@@H]1Cc2ccc(O)c3c2[C@@]2(C)[C@@H](O3)C(=O)NCC[C@@]12O. The first-order valence-corrected chi connectivity index (χ1v) is 10.2. The van der Waals surface area contributed by atoms with Crippen molar-refractivity contribution in [2.45, 2.75) is 62.7 Å². The van der Waals surface area contributed by atoms with Crippen LogP contribution >= 0.6 is 0 Å². The van der Waals surface area contributed by atoms with E-state index in [4.69, 9.17) is 4.74 Å². The molecule has 2 aliphatic heterocycles. The standard InChI is InChI=1S/C21H28N2O4/c1-3-23(11-12-4-5-12)15-10-13-6-7-14(24)17-16(13)20(2)18(27-17)19(25)22-9-8-21(15,20)26/h6-7,12,15,18,24,26H,3-5,8-11H2,1-2H3,(H,22,25)/t15-,18+,20+,21-/m1/s1. The summed E-state index contributed by atoms with van der Waals surface area (Å²) in [7, 11) is 0. The van der Waals surface area contributed by atoms with E-state index >= 15 is 0 Å². The number of hydrogen-bond acceptors (Lipinski definition) is 5. The lowest BCUT2D eigenvalue weighted by Gasteiger charge is -2.54. The zero-order chi connectivity index (χ0) is 19.0. The minimum absolute atomic E-state index is 0.0435. The van der Waals surface area contributed by atoms with Gasteiger partial charge in [0, 0.05) is 24.7 Å². The van der Waals surface area contributed by atoms with Crippen molar-refractivity contribution in [1.29, 1.82) is 0 Å². The van der Waals surface area contributed by atoms with E-state index in [0.29, 0.717) is 25.1 Å². The minimum Gasteiger partial charge on any atom is -0.504 e. The molecule has 2 heterocycles. The smallest absolute Gasteiger partial charge is 0.262 e. The van der Waals surface area contributed by atoms with Crippen molar-refractivity contribution in [3.8, 4) is 11.5 Å². The summed E-state index contributed by atoms with van der Waals surface area (Å²) < 4.78 is 6.01. The molecule has 2 aliphatic carbocycles. The van der Waals surface area contributed by atoms with Crippen molar-refractivity contribution in [1.82, 2.24) is 10.2 Å². The number of rotatable bonds is 4. The van der Waals surface area contributed by atoms with Gasteiger partial charge < -0.3 is 20.3 Å². The molecule has 0 radical (unpaired) electrons. The summed E-state index contributed by atoms with van der Waals surface area (Å²) >= 11 is 0. The van der Waals surface area contributed by atoms with Crippen molar-refractivity contribution >= 4 is 5.91 Å². The molecule has 0 bridgehead atoms. The Balaban J connectivity index is 1.70. The first-order chi connectivity index (χ1) is 12.9. The molecule has 0 aromatic heterocycles. The Morgan fingerprint density at radius 1 is 1.37 bits per heavy atom. The average Bonchev–Trinajstić information content (AvgIpc) is 3.40. The van der Waals surface area contributed by atoms with Crippen LogP contribution in [0.4, 0.5) is 0 Å². The number of nitrogens with zero attached hydrogens (tertiary/aromatic N) is 1. The topological polar surface area (TPSA) is 82.0 Å². The van der Waals surface area contributed by atoms with E-state index in [-0.39, 0.29) is 17.7 Å². The van der Waals surface area contributed by atoms with E-state index in [1.165, 1.54) is 12.8 Å². The molecule has 4 atom stereocenters. The zero-order valence-corrected chi connectivity index (χ0v) is 16.0. The summed E-state index contributed by atoms with van der Waals surface area (Å²) in [6.45, 7) is 6.40. The number of aliphatic hydroxyl groups is 1. The summed E-state index contributed by atoms with van der Waals surface area (Å²) in [5.74, 6) is 0.932. The van der Waals surface area contributed by atoms with Crippen LogP contribution in [0.25, 0.3) is 0 Å². The van der Waals surface area contributed by atoms with Crippen LogP contribution in [0.5, 0.6) is 11.5 Å². The summed E-state index contributed by atoms with van der Waals surface area (Å²) in [6, 6.07) is 3.51. The number of nitrogens with one attached hydrogen (secondary N) is 1. The van der Waals surface area contributed by atoms with Crippen LogP contribution in [-0.2, 0) is 16.6 Å². The van der Waals surface area contributed by atoms with E-state index in [0.717, 1.165) is 30.1 Å². The van der Waals surface area contributed by atoms with Crippen LogP contribution in [0, 0.1) is 5.92 Å². The Bertz CT molecular complexity index is 808. The highest BCUT2D eigenvalue weighted by molar-refractivity contribution is 5.86. The maximum atomic E-state index is 12.8. The lowest BCUT2D eigenvalue weighted by Crippen LogP contribution is -2.69.